The Balaban J connectivity index is 2.69. The molecule has 6 nitrogen and oxygen atoms in total. The molecule has 0 amide bonds. The van der Waals surface area contributed by atoms with Gasteiger partial charge in [-0.05, 0) is 12.1 Å². The zero-order chi connectivity index (χ0) is 9.26. The minimum absolute atomic E-state index is 0.319. The lowest BCUT2D eigenvalue weighted by Crippen LogP contribution is -2.06. The van der Waals surface area contributed by atoms with E-state index in [0.29, 0.717) is 11.2 Å². The highest BCUT2D eigenvalue weighted by Gasteiger charge is 2.08. The molecule has 0 aliphatic carbocycles. The Morgan fingerprint density at radius 2 is 2.23 bits per heavy atom. The number of carboxylic acid groups (broad SMARTS) is 1. The number of aromatic carboxylic acids is 1. The predicted octanol–water partition coefficient (Wildman–Crippen LogP) is 0.118. The molecule has 1 N–H and O–H groups in total. The van der Waals surface area contributed by atoms with Crippen LogP contribution >= 0.6 is 0 Å². The Morgan fingerprint density at radius 1 is 1.38 bits per heavy atom. The lowest BCUT2D eigenvalue weighted by molar-refractivity contribution is 0.0682. The SMILES string of the molecule is O=C(O)c1nnc2ncccc2n1. The van der Waals surface area contributed by atoms with Gasteiger partial charge >= 0.3 is 5.97 Å². The normalized spacial score (nSPS) is 10.2. The van der Waals surface area contributed by atoms with Crippen molar-refractivity contribution in [3.8, 4) is 0 Å². The van der Waals surface area contributed by atoms with Crippen LogP contribution in [0, 0.1) is 0 Å². The smallest absolute Gasteiger partial charge is 0.375 e. The molecule has 0 saturated carbocycles. The molecule has 2 aromatic heterocycles. The van der Waals surface area contributed by atoms with Crippen LogP contribution in [0.4, 0.5) is 0 Å². The van der Waals surface area contributed by atoms with Crippen molar-refractivity contribution < 1.29 is 9.90 Å². The number of carbonyl (C=O) groups is 1. The summed E-state index contributed by atoms with van der Waals surface area (Å²) < 4.78 is 0. The predicted molar refractivity (Wildman–Crippen MR) is 42.1 cm³/mol. The van der Waals surface area contributed by atoms with E-state index in [1.165, 1.54) is 0 Å². The van der Waals surface area contributed by atoms with Crippen LogP contribution < -0.4 is 0 Å². The summed E-state index contributed by atoms with van der Waals surface area (Å²) in [4.78, 5) is 18.1. The topological polar surface area (TPSA) is 88.9 Å². The van der Waals surface area contributed by atoms with E-state index < -0.39 is 5.97 Å². The van der Waals surface area contributed by atoms with Crippen molar-refractivity contribution in [3.63, 3.8) is 0 Å². The van der Waals surface area contributed by atoms with Gasteiger partial charge in [-0.25, -0.2) is 14.8 Å². The molecule has 0 unspecified atom stereocenters. The van der Waals surface area contributed by atoms with Crippen LogP contribution in [0.2, 0.25) is 0 Å². The molecule has 0 bridgehead atoms. The van der Waals surface area contributed by atoms with E-state index in [9.17, 15) is 4.79 Å². The number of carboxylic acids is 1. The fourth-order valence-corrected chi connectivity index (χ4v) is 0.875. The lowest BCUT2D eigenvalue weighted by Gasteiger charge is -1.94. The second-order valence-electron chi connectivity index (χ2n) is 2.29. The van der Waals surface area contributed by atoms with Gasteiger partial charge in [0.1, 0.15) is 5.52 Å². The molecule has 0 radical (unpaired) electrons. The highest BCUT2D eigenvalue weighted by atomic mass is 16.4. The van der Waals surface area contributed by atoms with E-state index >= 15 is 0 Å². The van der Waals surface area contributed by atoms with E-state index in [4.69, 9.17) is 5.11 Å². The Kier molecular flexibility index (Phi) is 1.59. The monoisotopic (exact) mass is 176 g/mol. The molecule has 0 aliphatic rings. The van der Waals surface area contributed by atoms with Crippen molar-refractivity contribution in [1.82, 2.24) is 20.2 Å². The Hall–Kier alpha value is -2.11. The van der Waals surface area contributed by atoms with Gasteiger partial charge in [-0.1, -0.05) is 0 Å². The minimum Gasteiger partial charge on any atom is -0.475 e. The minimum atomic E-state index is -1.20. The standard InChI is InChI=1S/C7H4N4O2/c12-7(13)6-9-4-2-1-3-8-5(4)10-11-6/h1-3H,(H,12,13). The summed E-state index contributed by atoms with van der Waals surface area (Å²) in [5, 5.41) is 15.5. The van der Waals surface area contributed by atoms with Crippen molar-refractivity contribution in [2.24, 2.45) is 0 Å². The van der Waals surface area contributed by atoms with Crippen LogP contribution in [0.15, 0.2) is 18.3 Å². The second kappa shape index (κ2) is 2.74. The number of aromatic nitrogens is 4. The van der Waals surface area contributed by atoms with E-state index in [0.717, 1.165) is 0 Å². The van der Waals surface area contributed by atoms with Gasteiger partial charge in [0.05, 0.1) is 0 Å². The van der Waals surface area contributed by atoms with Crippen molar-refractivity contribution in [3.05, 3.63) is 24.2 Å². The van der Waals surface area contributed by atoms with Crippen molar-refractivity contribution in [2.75, 3.05) is 0 Å². The fourth-order valence-electron chi connectivity index (χ4n) is 0.875. The highest BCUT2D eigenvalue weighted by molar-refractivity contribution is 5.84. The van der Waals surface area contributed by atoms with E-state index in [1.807, 2.05) is 0 Å². The first-order chi connectivity index (χ1) is 6.27. The molecular formula is C7H4N4O2. The number of nitrogens with zero attached hydrogens (tertiary/aromatic N) is 4. The zero-order valence-corrected chi connectivity index (χ0v) is 6.38. The second-order valence-corrected chi connectivity index (χ2v) is 2.29. The largest absolute Gasteiger partial charge is 0.475 e. The maximum atomic E-state index is 10.5. The van der Waals surface area contributed by atoms with Crippen LogP contribution in [-0.2, 0) is 0 Å². The molecule has 0 fully saturated rings. The molecule has 2 heterocycles. The van der Waals surface area contributed by atoms with Crippen LogP contribution in [-0.4, -0.2) is 31.2 Å². The van der Waals surface area contributed by atoms with Gasteiger partial charge < -0.3 is 5.11 Å². The van der Waals surface area contributed by atoms with Gasteiger partial charge in [-0.3, -0.25) is 0 Å². The number of hydrogen-bond acceptors (Lipinski definition) is 5. The molecule has 0 atom stereocenters. The maximum absolute atomic E-state index is 10.5. The van der Waals surface area contributed by atoms with Gasteiger partial charge in [0.2, 0.25) is 0 Å². The average molecular weight is 176 g/mol. The lowest BCUT2D eigenvalue weighted by atomic mass is 10.4. The molecule has 2 rings (SSSR count). The highest BCUT2D eigenvalue weighted by Crippen LogP contribution is 2.02. The van der Waals surface area contributed by atoms with Crippen molar-refractivity contribution in [1.29, 1.82) is 0 Å². The number of hydrogen-bond donors (Lipinski definition) is 1. The van der Waals surface area contributed by atoms with Crippen LogP contribution in [0.5, 0.6) is 0 Å². The average Bonchev–Trinajstić information content (AvgIpc) is 2.17. The van der Waals surface area contributed by atoms with Gasteiger partial charge in [0.15, 0.2) is 5.65 Å². The molecular weight excluding hydrogens is 172 g/mol. The summed E-state index contributed by atoms with van der Waals surface area (Å²) in [6.07, 6.45) is 1.54. The quantitative estimate of drug-likeness (QED) is 0.663. The first kappa shape index (κ1) is 7.53. The molecule has 0 aliphatic heterocycles. The molecule has 13 heavy (non-hydrogen) atoms. The molecule has 0 aromatic carbocycles. The summed E-state index contributed by atoms with van der Waals surface area (Å²) >= 11 is 0. The molecule has 0 spiro atoms. The summed E-state index contributed by atoms with van der Waals surface area (Å²) in [7, 11) is 0. The third kappa shape index (κ3) is 1.28. The Labute approximate surface area is 72.3 Å². The van der Waals surface area contributed by atoms with Crippen LogP contribution in [0.3, 0.4) is 0 Å². The maximum Gasteiger partial charge on any atom is 0.375 e. The number of pyridine rings is 1. The van der Waals surface area contributed by atoms with E-state index in [1.54, 1.807) is 18.3 Å². The molecule has 6 heteroatoms. The molecule has 0 saturated heterocycles. The van der Waals surface area contributed by atoms with Crippen molar-refractivity contribution in [2.45, 2.75) is 0 Å². The first-order valence-corrected chi connectivity index (χ1v) is 3.46. The van der Waals surface area contributed by atoms with Gasteiger partial charge in [0.25, 0.3) is 5.82 Å². The Morgan fingerprint density at radius 3 is 3.00 bits per heavy atom. The number of rotatable bonds is 1. The summed E-state index contributed by atoms with van der Waals surface area (Å²) in [5.74, 6) is -1.52. The zero-order valence-electron chi connectivity index (χ0n) is 6.38. The Bertz CT molecular complexity index is 471. The first-order valence-electron chi connectivity index (χ1n) is 3.46. The third-order valence-corrected chi connectivity index (χ3v) is 1.42. The van der Waals surface area contributed by atoms with Gasteiger partial charge in [0, 0.05) is 6.20 Å². The van der Waals surface area contributed by atoms with E-state index in [-0.39, 0.29) is 5.82 Å². The number of fused-ring (bicyclic) bond motifs is 1. The summed E-state index contributed by atoms with van der Waals surface area (Å²) in [6, 6.07) is 3.28. The fraction of sp³-hybridized carbons (Fsp3) is 0. The van der Waals surface area contributed by atoms with Crippen molar-refractivity contribution >= 4 is 17.1 Å². The van der Waals surface area contributed by atoms with E-state index in [2.05, 4.69) is 20.2 Å². The van der Waals surface area contributed by atoms with Gasteiger partial charge in [-0.15, -0.1) is 10.2 Å². The molecule has 64 valence electrons. The third-order valence-electron chi connectivity index (χ3n) is 1.42. The van der Waals surface area contributed by atoms with Crippen LogP contribution in [0.1, 0.15) is 10.6 Å². The van der Waals surface area contributed by atoms with Gasteiger partial charge in [-0.2, -0.15) is 0 Å². The molecule has 2 aromatic rings. The summed E-state index contributed by atoms with van der Waals surface area (Å²) in [5.41, 5.74) is 0.766. The van der Waals surface area contributed by atoms with Crippen LogP contribution in [0.25, 0.3) is 11.2 Å². The summed E-state index contributed by atoms with van der Waals surface area (Å²) in [6.45, 7) is 0.